The third-order valence-corrected chi connectivity index (χ3v) is 9.97. The SMILES string of the molecule is CCN(CC)CCN(C(=O)c1ccc(S(=O)(=O)N2CCCCC2)cc1)c1nc2c(OC)ccc(OC)c2s1.Cl. The lowest BCUT2D eigenvalue weighted by Gasteiger charge is -2.26. The molecular weight excluding hydrogens is 560 g/mol. The number of hydrogen-bond acceptors (Lipinski definition) is 8. The Kier molecular flexibility index (Phi) is 11.0. The van der Waals surface area contributed by atoms with Crippen LogP contribution in [0.25, 0.3) is 10.2 Å². The zero-order chi connectivity index (χ0) is 27.3. The molecule has 0 atom stereocenters. The molecule has 0 aliphatic carbocycles. The minimum atomic E-state index is -3.57. The topological polar surface area (TPSA) is 92.3 Å². The summed E-state index contributed by atoms with van der Waals surface area (Å²) in [6, 6.07) is 9.88. The second-order valence-corrected chi connectivity index (χ2v) is 12.0. The van der Waals surface area contributed by atoms with Gasteiger partial charge in [0.1, 0.15) is 21.7 Å². The number of likely N-dealkylation sites (N-methyl/N-ethyl adjacent to an activating group) is 1. The number of carbonyl (C=O) groups is 1. The first-order valence-corrected chi connectivity index (χ1v) is 15.3. The largest absolute Gasteiger partial charge is 0.495 e. The Morgan fingerprint density at radius 3 is 2.15 bits per heavy atom. The van der Waals surface area contributed by atoms with Gasteiger partial charge >= 0.3 is 0 Å². The Morgan fingerprint density at radius 1 is 0.949 bits per heavy atom. The van der Waals surface area contributed by atoms with E-state index in [9.17, 15) is 13.2 Å². The molecule has 1 aliphatic heterocycles. The number of anilines is 1. The van der Waals surface area contributed by atoms with Crippen molar-refractivity contribution in [1.82, 2.24) is 14.2 Å². The monoisotopic (exact) mass is 596 g/mol. The number of fused-ring (bicyclic) bond motifs is 1. The van der Waals surface area contributed by atoms with Crippen molar-refractivity contribution in [2.24, 2.45) is 0 Å². The van der Waals surface area contributed by atoms with Gasteiger partial charge in [-0.2, -0.15) is 4.31 Å². The van der Waals surface area contributed by atoms with Gasteiger partial charge in [-0.3, -0.25) is 9.69 Å². The minimum absolute atomic E-state index is 0. The number of hydrogen-bond donors (Lipinski definition) is 0. The van der Waals surface area contributed by atoms with Gasteiger partial charge in [-0.05, 0) is 62.3 Å². The Labute approximate surface area is 241 Å². The summed E-state index contributed by atoms with van der Waals surface area (Å²) in [7, 11) is -0.387. The van der Waals surface area contributed by atoms with Crippen molar-refractivity contribution in [2.45, 2.75) is 38.0 Å². The first-order chi connectivity index (χ1) is 18.3. The van der Waals surface area contributed by atoms with E-state index in [1.165, 1.54) is 27.8 Å². The zero-order valence-electron chi connectivity index (χ0n) is 22.9. The summed E-state index contributed by atoms with van der Waals surface area (Å²) in [6.45, 7) is 8.07. The number of carbonyl (C=O) groups excluding carboxylic acids is 1. The van der Waals surface area contributed by atoms with Gasteiger partial charge in [-0.1, -0.05) is 31.6 Å². The van der Waals surface area contributed by atoms with E-state index in [2.05, 4.69) is 18.7 Å². The summed E-state index contributed by atoms with van der Waals surface area (Å²) < 4.78 is 39.5. The van der Waals surface area contributed by atoms with Gasteiger partial charge in [0.15, 0.2) is 5.13 Å². The van der Waals surface area contributed by atoms with Crippen molar-refractivity contribution in [3.05, 3.63) is 42.0 Å². The molecule has 39 heavy (non-hydrogen) atoms. The predicted molar refractivity (Wildman–Crippen MR) is 158 cm³/mol. The van der Waals surface area contributed by atoms with E-state index in [0.717, 1.165) is 37.1 Å². The van der Waals surface area contributed by atoms with E-state index in [1.54, 1.807) is 37.3 Å². The molecule has 12 heteroatoms. The van der Waals surface area contributed by atoms with Crippen LogP contribution in [0.15, 0.2) is 41.3 Å². The Balaban J connectivity index is 0.00000420. The van der Waals surface area contributed by atoms with Gasteiger partial charge < -0.3 is 14.4 Å². The van der Waals surface area contributed by atoms with Gasteiger partial charge in [0, 0.05) is 31.7 Å². The van der Waals surface area contributed by atoms with Crippen LogP contribution in [0, 0.1) is 0 Å². The average Bonchev–Trinajstić information content (AvgIpc) is 3.40. The normalized spacial score (nSPS) is 14.3. The zero-order valence-corrected chi connectivity index (χ0v) is 25.3. The molecule has 9 nitrogen and oxygen atoms in total. The highest BCUT2D eigenvalue weighted by atomic mass is 35.5. The number of benzene rings is 2. The van der Waals surface area contributed by atoms with Crippen molar-refractivity contribution in [2.75, 3.05) is 58.4 Å². The molecule has 0 radical (unpaired) electrons. The summed E-state index contributed by atoms with van der Waals surface area (Å²) in [5.74, 6) is 1.02. The molecule has 0 N–H and O–H groups in total. The lowest BCUT2D eigenvalue weighted by molar-refractivity contribution is 0.0983. The fraction of sp³-hybridized carbons (Fsp3) is 0.481. The van der Waals surface area contributed by atoms with Crippen molar-refractivity contribution in [1.29, 1.82) is 0 Å². The number of piperidine rings is 1. The van der Waals surface area contributed by atoms with E-state index < -0.39 is 10.0 Å². The van der Waals surface area contributed by atoms with Crippen LogP contribution in [-0.4, -0.2) is 82.0 Å². The number of methoxy groups -OCH3 is 2. The van der Waals surface area contributed by atoms with Crippen LogP contribution in [0.5, 0.6) is 11.5 Å². The maximum Gasteiger partial charge on any atom is 0.260 e. The van der Waals surface area contributed by atoms with Gasteiger partial charge in [-0.25, -0.2) is 13.4 Å². The average molecular weight is 597 g/mol. The van der Waals surface area contributed by atoms with Crippen LogP contribution in [0.4, 0.5) is 5.13 Å². The Morgan fingerprint density at radius 2 is 1.56 bits per heavy atom. The Hall–Kier alpha value is -2.44. The summed E-state index contributed by atoms with van der Waals surface area (Å²) in [5.41, 5.74) is 1.04. The number of ether oxygens (including phenoxy) is 2. The molecule has 214 valence electrons. The number of amides is 1. The Bertz CT molecular complexity index is 1310. The molecule has 1 fully saturated rings. The molecule has 1 saturated heterocycles. The molecule has 1 aliphatic rings. The summed E-state index contributed by atoms with van der Waals surface area (Å²) >= 11 is 1.37. The molecule has 0 saturated carbocycles. The number of sulfonamides is 1. The molecule has 0 unspecified atom stereocenters. The van der Waals surface area contributed by atoms with Gasteiger partial charge in [0.25, 0.3) is 5.91 Å². The second kappa shape index (κ2) is 13.8. The first-order valence-electron chi connectivity index (χ1n) is 13.0. The van der Waals surface area contributed by atoms with Crippen LogP contribution in [0.1, 0.15) is 43.5 Å². The number of halogens is 1. The highest BCUT2D eigenvalue weighted by Gasteiger charge is 2.28. The molecule has 4 rings (SSSR count). The van der Waals surface area contributed by atoms with Crippen LogP contribution in [0.2, 0.25) is 0 Å². The van der Waals surface area contributed by atoms with Crippen LogP contribution in [-0.2, 0) is 10.0 Å². The molecule has 1 aromatic heterocycles. The smallest absolute Gasteiger partial charge is 0.260 e. The second-order valence-electron chi connectivity index (χ2n) is 9.12. The van der Waals surface area contributed by atoms with Crippen molar-refractivity contribution < 1.29 is 22.7 Å². The number of aromatic nitrogens is 1. The number of rotatable bonds is 11. The lowest BCUT2D eigenvalue weighted by atomic mass is 10.2. The molecule has 0 spiro atoms. The molecular formula is C27H37ClN4O5S2. The molecule has 0 bridgehead atoms. The maximum absolute atomic E-state index is 13.8. The number of thiazole rings is 1. The lowest BCUT2D eigenvalue weighted by Crippen LogP contribution is -2.39. The van der Waals surface area contributed by atoms with Crippen molar-refractivity contribution in [3.63, 3.8) is 0 Å². The fourth-order valence-corrected chi connectivity index (χ4v) is 7.25. The van der Waals surface area contributed by atoms with Gasteiger partial charge in [-0.15, -0.1) is 12.4 Å². The standard InChI is InChI=1S/C27H36N4O5S2.ClH/c1-5-29(6-2)18-19-31(27-28-24-22(35-3)14-15-23(36-4)25(24)37-27)26(32)20-10-12-21(13-11-20)38(33,34)30-16-8-7-9-17-30;/h10-15H,5-9,16-19H2,1-4H3;1H. The van der Waals surface area contributed by atoms with Crippen LogP contribution < -0.4 is 14.4 Å². The third kappa shape index (κ3) is 6.66. The summed E-state index contributed by atoms with van der Waals surface area (Å²) in [4.78, 5) is 22.7. The van der Waals surface area contributed by atoms with Crippen LogP contribution >= 0.6 is 23.7 Å². The van der Waals surface area contributed by atoms with E-state index in [1.807, 2.05) is 6.07 Å². The molecule has 1 amide bonds. The summed E-state index contributed by atoms with van der Waals surface area (Å²) in [5, 5.41) is 0.532. The van der Waals surface area contributed by atoms with E-state index in [-0.39, 0.29) is 23.2 Å². The van der Waals surface area contributed by atoms with Crippen molar-refractivity contribution >= 4 is 55.0 Å². The maximum atomic E-state index is 13.8. The summed E-state index contributed by atoms with van der Waals surface area (Å²) in [6.07, 6.45) is 2.79. The fourth-order valence-electron chi connectivity index (χ4n) is 4.63. The predicted octanol–water partition coefficient (Wildman–Crippen LogP) is 4.90. The molecule has 2 aromatic carbocycles. The quantitative estimate of drug-likeness (QED) is 0.311. The van der Waals surface area contributed by atoms with Gasteiger partial charge in [0.2, 0.25) is 10.0 Å². The van der Waals surface area contributed by atoms with Crippen LogP contribution in [0.3, 0.4) is 0 Å². The van der Waals surface area contributed by atoms with E-state index in [4.69, 9.17) is 14.5 Å². The van der Waals surface area contributed by atoms with Gasteiger partial charge in [0.05, 0.1) is 19.1 Å². The van der Waals surface area contributed by atoms with Crippen molar-refractivity contribution in [3.8, 4) is 11.5 Å². The van der Waals surface area contributed by atoms with E-state index >= 15 is 0 Å². The number of nitrogens with zero attached hydrogens (tertiary/aromatic N) is 4. The molecule has 3 aromatic rings. The van der Waals surface area contributed by atoms with E-state index in [0.29, 0.717) is 53.9 Å². The third-order valence-electron chi connectivity index (χ3n) is 6.96. The first kappa shape index (κ1) is 31.1. The minimum Gasteiger partial charge on any atom is -0.495 e. The molecule has 2 heterocycles. The highest BCUT2D eigenvalue weighted by Crippen LogP contribution is 2.40. The highest BCUT2D eigenvalue weighted by molar-refractivity contribution is 7.89.